The van der Waals surface area contributed by atoms with Gasteiger partial charge >= 0.3 is 5.97 Å². The van der Waals surface area contributed by atoms with Crippen molar-refractivity contribution in [1.29, 1.82) is 0 Å². The number of carbonyl (C=O) groups excluding carboxylic acids is 1. The Bertz CT molecular complexity index is 596. The summed E-state index contributed by atoms with van der Waals surface area (Å²) >= 11 is 2.85. The number of hydrogen-bond donors (Lipinski definition) is 2. The van der Waals surface area contributed by atoms with Crippen LogP contribution in [0.2, 0.25) is 0 Å². The van der Waals surface area contributed by atoms with E-state index in [9.17, 15) is 4.79 Å². The molecule has 0 unspecified atom stereocenters. The predicted octanol–water partition coefficient (Wildman–Crippen LogP) is 2.54. The standard InChI is InChI=1S/C13H18N4O2S2/c1-3-19-13(18)11-9(14)10(20-2)12(21-11)15-6-8-17-7-4-5-16-17/h4-5,7,15H,3,6,8,14H2,1-2H3. The molecule has 21 heavy (non-hydrogen) atoms. The van der Waals surface area contributed by atoms with Crippen LogP contribution in [-0.2, 0) is 11.3 Å². The van der Waals surface area contributed by atoms with Crippen LogP contribution >= 0.6 is 23.1 Å². The maximum Gasteiger partial charge on any atom is 0.350 e. The van der Waals surface area contributed by atoms with E-state index in [4.69, 9.17) is 10.5 Å². The van der Waals surface area contributed by atoms with Crippen LogP contribution in [0.15, 0.2) is 23.4 Å². The number of aromatic nitrogens is 2. The summed E-state index contributed by atoms with van der Waals surface area (Å²) in [5, 5.41) is 8.35. The smallest absolute Gasteiger partial charge is 0.350 e. The number of anilines is 2. The Labute approximate surface area is 131 Å². The van der Waals surface area contributed by atoms with Gasteiger partial charge in [-0.2, -0.15) is 5.10 Å². The SMILES string of the molecule is CCOC(=O)c1sc(NCCn2cccn2)c(SC)c1N. The molecule has 8 heteroatoms. The molecule has 0 fully saturated rings. The summed E-state index contributed by atoms with van der Waals surface area (Å²) in [5.74, 6) is -0.365. The van der Waals surface area contributed by atoms with Crippen molar-refractivity contribution in [2.45, 2.75) is 18.4 Å². The molecule has 0 aliphatic heterocycles. The van der Waals surface area contributed by atoms with E-state index in [0.717, 1.165) is 16.4 Å². The number of thiophene rings is 1. The molecule has 3 N–H and O–H groups in total. The molecule has 0 saturated heterocycles. The molecule has 2 aromatic heterocycles. The number of nitrogens with zero attached hydrogens (tertiary/aromatic N) is 2. The molecule has 6 nitrogen and oxygen atoms in total. The number of hydrogen-bond acceptors (Lipinski definition) is 7. The van der Waals surface area contributed by atoms with Gasteiger partial charge in [0.25, 0.3) is 0 Å². The van der Waals surface area contributed by atoms with Gasteiger partial charge in [-0.15, -0.1) is 23.1 Å². The number of carbonyl (C=O) groups is 1. The second-order valence-corrected chi connectivity index (χ2v) is 5.96. The summed E-state index contributed by atoms with van der Waals surface area (Å²) in [7, 11) is 0. The predicted molar refractivity (Wildman–Crippen MR) is 87.2 cm³/mol. The van der Waals surface area contributed by atoms with Crippen molar-refractivity contribution < 1.29 is 9.53 Å². The topological polar surface area (TPSA) is 82.2 Å². The van der Waals surface area contributed by atoms with E-state index in [1.54, 1.807) is 13.1 Å². The van der Waals surface area contributed by atoms with Gasteiger partial charge < -0.3 is 15.8 Å². The molecule has 0 radical (unpaired) electrons. The van der Waals surface area contributed by atoms with Gasteiger partial charge in [-0.1, -0.05) is 0 Å². The van der Waals surface area contributed by atoms with Crippen LogP contribution in [0.1, 0.15) is 16.6 Å². The maximum atomic E-state index is 11.9. The van der Waals surface area contributed by atoms with E-state index in [1.165, 1.54) is 23.1 Å². The number of esters is 1. The van der Waals surface area contributed by atoms with Gasteiger partial charge in [-0.05, 0) is 19.2 Å². The molecule has 0 aliphatic carbocycles. The summed E-state index contributed by atoms with van der Waals surface area (Å²) in [6.07, 6.45) is 5.59. The molecule has 0 bridgehead atoms. The van der Waals surface area contributed by atoms with E-state index in [-0.39, 0.29) is 5.97 Å². The Morgan fingerprint density at radius 2 is 2.43 bits per heavy atom. The number of ether oxygens (including phenoxy) is 1. The van der Waals surface area contributed by atoms with Crippen molar-refractivity contribution in [3.05, 3.63) is 23.3 Å². The highest BCUT2D eigenvalue weighted by molar-refractivity contribution is 7.99. The average Bonchev–Trinajstić information content (AvgIpc) is 3.07. The lowest BCUT2D eigenvalue weighted by Gasteiger charge is -2.06. The minimum atomic E-state index is -0.365. The minimum Gasteiger partial charge on any atom is -0.462 e. The van der Waals surface area contributed by atoms with Crippen LogP contribution in [0, 0.1) is 0 Å². The van der Waals surface area contributed by atoms with Crippen LogP contribution in [-0.4, -0.2) is 35.2 Å². The molecule has 114 valence electrons. The number of nitrogen functional groups attached to an aromatic ring is 1. The molecule has 2 aromatic rings. The Kier molecular flexibility index (Phi) is 5.51. The zero-order chi connectivity index (χ0) is 15.2. The fraction of sp³-hybridized carbons (Fsp3) is 0.385. The van der Waals surface area contributed by atoms with Gasteiger partial charge in [0, 0.05) is 18.9 Å². The fourth-order valence-electron chi connectivity index (χ4n) is 1.81. The highest BCUT2D eigenvalue weighted by Gasteiger charge is 2.21. The van der Waals surface area contributed by atoms with Crippen LogP contribution < -0.4 is 11.1 Å². The van der Waals surface area contributed by atoms with Gasteiger partial charge in [-0.25, -0.2) is 4.79 Å². The third-order valence-electron chi connectivity index (χ3n) is 2.75. The Morgan fingerprint density at radius 3 is 3.05 bits per heavy atom. The first kappa shape index (κ1) is 15.7. The van der Waals surface area contributed by atoms with Gasteiger partial charge in [0.2, 0.25) is 0 Å². The molecular formula is C13H18N4O2S2. The summed E-state index contributed by atoms with van der Waals surface area (Å²) in [5.41, 5.74) is 6.54. The first-order valence-electron chi connectivity index (χ1n) is 6.52. The van der Waals surface area contributed by atoms with Crippen LogP contribution in [0.25, 0.3) is 0 Å². The molecule has 2 heterocycles. The molecule has 0 amide bonds. The molecule has 0 atom stereocenters. The number of thioether (sulfide) groups is 1. The van der Waals surface area contributed by atoms with E-state index in [1.807, 2.05) is 23.2 Å². The average molecular weight is 326 g/mol. The van der Waals surface area contributed by atoms with Crippen LogP contribution in [0.4, 0.5) is 10.7 Å². The molecule has 0 spiro atoms. The summed E-state index contributed by atoms with van der Waals surface area (Å²) in [6.45, 7) is 3.57. The van der Waals surface area contributed by atoms with E-state index in [2.05, 4.69) is 10.4 Å². The maximum absolute atomic E-state index is 11.9. The third kappa shape index (κ3) is 3.70. The van der Waals surface area contributed by atoms with Gasteiger partial charge in [0.15, 0.2) is 0 Å². The third-order valence-corrected chi connectivity index (χ3v) is 4.85. The fourth-order valence-corrected chi connectivity index (χ4v) is 3.77. The number of nitrogens with two attached hydrogens (primary N) is 1. The van der Waals surface area contributed by atoms with E-state index < -0.39 is 0 Å². The van der Waals surface area contributed by atoms with E-state index >= 15 is 0 Å². The van der Waals surface area contributed by atoms with Crippen molar-refractivity contribution in [2.75, 3.05) is 30.5 Å². The van der Waals surface area contributed by atoms with Crippen molar-refractivity contribution in [2.24, 2.45) is 0 Å². The first-order valence-corrected chi connectivity index (χ1v) is 8.56. The lowest BCUT2D eigenvalue weighted by Crippen LogP contribution is -2.10. The van der Waals surface area contributed by atoms with E-state index in [0.29, 0.717) is 23.7 Å². The van der Waals surface area contributed by atoms with Gasteiger partial charge in [0.1, 0.15) is 9.88 Å². The van der Waals surface area contributed by atoms with Gasteiger partial charge in [-0.3, -0.25) is 4.68 Å². The zero-order valence-electron chi connectivity index (χ0n) is 12.0. The summed E-state index contributed by atoms with van der Waals surface area (Å²) < 4.78 is 6.87. The molecule has 0 saturated carbocycles. The van der Waals surface area contributed by atoms with Crippen molar-refractivity contribution in [1.82, 2.24) is 9.78 Å². The van der Waals surface area contributed by atoms with Crippen molar-refractivity contribution in [3.63, 3.8) is 0 Å². The first-order chi connectivity index (χ1) is 10.2. The largest absolute Gasteiger partial charge is 0.462 e. The lowest BCUT2D eigenvalue weighted by molar-refractivity contribution is 0.0533. The van der Waals surface area contributed by atoms with Crippen LogP contribution in [0.5, 0.6) is 0 Å². The van der Waals surface area contributed by atoms with Crippen molar-refractivity contribution >= 4 is 39.8 Å². The number of nitrogens with one attached hydrogen (secondary N) is 1. The van der Waals surface area contributed by atoms with Gasteiger partial charge in [0.05, 0.1) is 23.7 Å². The van der Waals surface area contributed by atoms with Crippen molar-refractivity contribution in [3.8, 4) is 0 Å². The second kappa shape index (κ2) is 7.37. The Balaban J connectivity index is 2.07. The molecule has 0 aromatic carbocycles. The van der Waals surface area contributed by atoms with Crippen LogP contribution in [0.3, 0.4) is 0 Å². The monoisotopic (exact) mass is 326 g/mol. The second-order valence-electron chi connectivity index (χ2n) is 4.12. The highest BCUT2D eigenvalue weighted by atomic mass is 32.2. The minimum absolute atomic E-state index is 0.340. The molecule has 0 aliphatic rings. The molecular weight excluding hydrogens is 308 g/mol. The summed E-state index contributed by atoms with van der Waals surface area (Å²) in [4.78, 5) is 13.2. The Hall–Kier alpha value is -1.67. The zero-order valence-corrected chi connectivity index (χ0v) is 13.6. The highest BCUT2D eigenvalue weighted by Crippen LogP contribution is 2.41. The lowest BCUT2D eigenvalue weighted by atomic mass is 10.4. The molecule has 2 rings (SSSR count). The number of rotatable bonds is 7. The quantitative estimate of drug-likeness (QED) is 0.601. The Morgan fingerprint density at radius 1 is 1.62 bits per heavy atom. The summed E-state index contributed by atoms with van der Waals surface area (Å²) in [6, 6.07) is 1.88. The normalized spacial score (nSPS) is 10.6.